The number of fused-ring (bicyclic) bond motifs is 1. The summed E-state index contributed by atoms with van der Waals surface area (Å²) in [4.78, 5) is 72.7. The Morgan fingerprint density at radius 2 is 1.40 bits per heavy atom. The van der Waals surface area contributed by atoms with E-state index in [1.807, 2.05) is 61.2 Å². The Bertz CT molecular complexity index is 2620. The first-order valence-corrected chi connectivity index (χ1v) is 21.1. The van der Waals surface area contributed by atoms with E-state index in [1.165, 1.54) is 32.4 Å². The van der Waals surface area contributed by atoms with E-state index < -0.39 is 42.0 Å². The van der Waals surface area contributed by atoms with Crippen molar-refractivity contribution in [2.75, 3.05) is 27.3 Å². The second-order valence-electron chi connectivity index (χ2n) is 17.7. The van der Waals surface area contributed by atoms with Crippen LogP contribution in [0.3, 0.4) is 0 Å². The number of amides is 4. The van der Waals surface area contributed by atoms with Gasteiger partial charge in [-0.05, 0) is 97.2 Å². The topological polar surface area (TPSA) is 175 Å². The summed E-state index contributed by atoms with van der Waals surface area (Å²) < 4.78 is 24.6. The van der Waals surface area contributed by atoms with Crippen LogP contribution in [0.1, 0.15) is 98.8 Å². The molecule has 4 aliphatic rings. The quantitative estimate of drug-likeness (QED) is 0.114. The number of imidazole rings is 2. The molecule has 4 amide bonds. The highest BCUT2D eigenvalue weighted by Crippen LogP contribution is 2.59. The number of alkyl carbamates (subject to hydrolysis) is 2. The summed E-state index contributed by atoms with van der Waals surface area (Å²) in [6.07, 6.45) is 5.96. The minimum absolute atomic E-state index is 0.0315. The Balaban J connectivity index is 0.900. The highest BCUT2D eigenvalue weighted by Gasteiger charge is 2.56. The van der Waals surface area contributed by atoms with Crippen molar-refractivity contribution in [2.45, 2.75) is 76.5 Å². The monoisotopic (exact) mass is 840 g/mol. The number of benzene rings is 3. The first kappa shape index (κ1) is 40.7. The Labute approximate surface area is 358 Å². The molecule has 62 heavy (non-hydrogen) atoms. The van der Waals surface area contributed by atoms with E-state index in [-0.39, 0.29) is 34.3 Å². The highest BCUT2D eigenvalue weighted by atomic mass is 19.1. The molecule has 2 saturated carbocycles. The summed E-state index contributed by atoms with van der Waals surface area (Å²) in [7, 11) is 2.50. The van der Waals surface area contributed by atoms with Gasteiger partial charge in [0.2, 0.25) is 5.91 Å². The molecule has 0 bridgehead atoms. The van der Waals surface area contributed by atoms with Gasteiger partial charge in [-0.1, -0.05) is 56.0 Å². The molecule has 2 saturated heterocycles. The minimum Gasteiger partial charge on any atom is -0.453 e. The fourth-order valence-electron chi connectivity index (χ4n) is 9.14. The van der Waals surface area contributed by atoms with Crippen LogP contribution in [-0.4, -0.2) is 87.1 Å². The van der Waals surface area contributed by atoms with E-state index in [0.717, 1.165) is 71.3 Å². The molecule has 320 valence electrons. The van der Waals surface area contributed by atoms with Crippen LogP contribution >= 0.6 is 0 Å². The predicted octanol–water partition coefficient (Wildman–Crippen LogP) is 7.08. The van der Waals surface area contributed by atoms with E-state index >= 15 is 4.39 Å². The van der Waals surface area contributed by atoms with Gasteiger partial charge in [0.25, 0.3) is 5.91 Å². The molecular weight excluding hydrogens is 792 g/mol. The summed E-state index contributed by atoms with van der Waals surface area (Å²) in [5, 5.41) is 5.29. The predicted molar refractivity (Wildman–Crippen MR) is 226 cm³/mol. The number of halogens is 1. The van der Waals surface area contributed by atoms with E-state index in [2.05, 4.69) is 32.4 Å². The van der Waals surface area contributed by atoms with Gasteiger partial charge in [-0.2, -0.15) is 0 Å². The third kappa shape index (κ3) is 7.97. The van der Waals surface area contributed by atoms with Crippen LogP contribution in [-0.2, 0) is 19.1 Å². The van der Waals surface area contributed by atoms with E-state index in [9.17, 15) is 19.2 Å². The van der Waals surface area contributed by atoms with Crippen molar-refractivity contribution in [2.24, 2.45) is 16.7 Å². The third-order valence-electron chi connectivity index (χ3n) is 13.1. The van der Waals surface area contributed by atoms with Crippen molar-refractivity contribution in [1.82, 2.24) is 40.4 Å². The maximum atomic E-state index is 15.0. The van der Waals surface area contributed by atoms with Crippen molar-refractivity contribution in [1.29, 1.82) is 0 Å². The largest absolute Gasteiger partial charge is 0.453 e. The van der Waals surface area contributed by atoms with Gasteiger partial charge in [0.05, 0.1) is 49.2 Å². The third-order valence-corrected chi connectivity index (χ3v) is 13.1. The maximum absolute atomic E-state index is 15.0. The number of aromatic nitrogens is 4. The zero-order chi connectivity index (χ0) is 43.3. The Hall–Kier alpha value is -6.69. The molecular formula is C47H49FN8O6. The SMILES string of the molecule is COC(=O)N[C@H](C(=O)N1CC2(CC2)C[C@H]1c1ncc(-c2ccc(C#Cc3ccc4nc([C@@H]5CC6(CC6)CN5C(=O)[C@H](NC(=O)OC)c5ccccc5F)[nH]c4c3)cc2)[nH]1)C(C)C. The van der Waals surface area contributed by atoms with Gasteiger partial charge in [0.15, 0.2) is 0 Å². The van der Waals surface area contributed by atoms with E-state index in [0.29, 0.717) is 25.3 Å². The first-order valence-electron chi connectivity index (χ1n) is 21.1. The number of carbonyl (C=O) groups excluding carboxylic acids is 4. The summed E-state index contributed by atoms with van der Waals surface area (Å²) in [5.74, 6) is 6.60. The lowest BCUT2D eigenvalue weighted by Gasteiger charge is -2.30. The number of rotatable bonds is 9. The van der Waals surface area contributed by atoms with Gasteiger partial charge in [-0.15, -0.1) is 0 Å². The lowest BCUT2D eigenvalue weighted by atomic mass is 10.0. The van der Waals surface area contributed by atoms with Gasteiger partial charge in [0.1, 0.15) is 29.5 Å². The molecule has 4 heterocycles. The summed E-state index contributed by atoms with van der Waals surface area (Å²) >= 11 is 0. The average Bonchev–Trinajstić information content (AvgIpc) is 3.89. The zero-order valence-electron chi connectivity index (χ0n) is 35.1. The zero-order valence-corrected chi connectivity index (χ0v) is 35.1. The van der Waals surface area contributed by atoms with Gasteiger partial charge in [-0.3, -0.25) is 9.59 Å². The van der Waals surface area contributed by atoms with Crippen molar-refractivity contribution in [3.63, 3.8) is 0 Å². The number of hydrogen-bond acceptors (Lipinski definition) is 8. The average molecular weight is 841 g/mol. The number of likely N-dealkylation sites (tertiary alicyclic amines) is 2. The van der Waals surface area contributed by atoms with Crippen LogP contribution in [0.2, 0.25) is 0 Å². The van der Waals surface area contributed by atoms with E-state index in [1.54, 1.807) is 17.2 Å². The van der Waals surface area contributed by atoms with Crippen molar-refractivity contribution in [3.05, 3.63) is 107 Å². The number of nitrogens with zero attached hydrogens (tertiary/aromatic N) is 4. The fraction of sp³-hybridized carbons (Fsp3) is 0.404. The van der Waals surface area contributed by atoms with Crippen LogP contribution in [0.25, 0.3) is 22.3 Å². The van der Waals surface area contributed by atoms with Crippen molar-refractivity contribution in [3.8, 4) is 23.1 Å². The standard InChI is InChI=1S/C47H49FN8O6/c1-27(2)38(53-44(59)61-3)42(57)55-25-46(17-18-46)22-36(55)40-49-24-35(52-40)30-14-11-28(12-15-30)9-10-29-13-16-33-34(21-29)51-41(50-33)37-23-47(19-20-47)26-56(37)43(58)39(54-45(60)62-4)31-7-5-6-8-32(31)48/h5-8,11-16,21,24,27,36-39H,17-20,22-23,25-26H2,1-4H3,(H,49,52)(H,50,51)(H,53,59)(H,54,60)/t36-,37-,38-,39+/m0/s1. The van der Waals surface area contributed by atoms with Gasteiger partial charge >= 0.3 is 12.2 Å². The van der Waals surface area contributed by atoms with Crippen LogP contribution in [0.5, 0.6) is 0 Å². The molecule has 14 nitrogen and oxygen atoms in total. The number of H-pyrrole nitrogens is 2. The first-order chi connectivity index (χ1) is 29.9. The maximum Gasteiger partial charge on any atom is 0.407 e. The van der Waals surface area contributed by atoms with Crippen LogP contribution < -0.4 is 10.6 Å². The molecule has 4 atom stereocenters. The molecule has 9 rings (SSSR count). The second kappa shape index (κ2) is 16.0. The summed E-state index contributed by atoms with van der Waals surface area (Å²) in [6.45, 7) is 4.93. The smallest absolute Gasteiger partial charge is 0.407 e. The fourth-order valence-corrected chi connectivity index (χ4v) is 9.14. The molecule has 0 radical (unpaired) electrons. The molecule has 2 aromatic heterocycles. The molecule has 5 aromatic rings. The van der Waals surface area contributed by atoms with Gasteiger partial charge in [-0.25, -0.2) is 23.9 Å². The van der Waals surface area contributed by atoms with Crippen LogP contribution in [0.15, 0.2) is 72.9 Å². The molecule has 2 aliphatic heterocycles. The van der Waals surface area contributed by atoms with Crippen LogP contribution in [0.4, 0.5) is 14.0 Å². The Morgan fingerprint density at radius 1 is 0.790 bits per heavy atom. The molecule has 15 heteroatoms. The van der Waals surface area contributed by atoms with Crippen LogP contribution in [0, 0.1) is 34.4 Å². The number of aromatic amines is 2. The van der Waals surface area contributed by atoms with E-state index in [4.69, 9.17) is 19.4 Å². The van der Waals surface area contributed by atoms with Gasteiger partial charge in [0, 0.05) is 29.8 Å². The number of carbonyl (C=O) groups is 4. The molecule has 2 spiro atoms. The number of ether oxygens (including phenoxy) is 2. The number of hydrogen-bond donors (Lipinski definition) is 4. The highest BCUT2D eigenvalue weighted by molar-refractivity contribution is 5.88. The Morgan fingerprint density at radius 3 is 2.05 bits per heavy atom. The number of nitrogens with one attached hydrogen (secondary N) is 4. The molecule has 4 N–H and O–H groups in total. The molecule has 2 aliphatic carbocycles. The molecule has 3 aromatic carbocycles. The second-order valence-corrected chi connectivity index (χ2v) is 17.7. The lowest BCUT2D eigenvalue weighted by molar-refractivity contribution is -0.136. The normalized spacial score (nSPS) is 20.2. The van der Waals surface area contributed by atoms with Gasteiger partial charge < -0.3 is 39.9 Å². The minimum atomic E-state index is -1.27. The van der Waals surface area contributed by atoms with Crippen molar-refractivity contribution >= 4 is 35.0 Å². The molecule has 4 fully saturated rings. The summed E-state index contributed by atoms with van der Waals surface area (Å²) in [5.41, 5.74) is 4.99. The summed E-state index contributed by atoms with van der Waals surface area (Å²) in [6, 6.07) is 17.0. The lowest BCUT2D eigenvalue weighted by Crippen LogP contribution is -2.51. The Kier molecular flexibility index (Phi) is 10.5. The number of methoxy groups -OCH3 is 2. The molecule has 0 unspecified atom stereocenters. The van der Waals surface area contributed by atoms with Crippen molar-refractivity contribution < 1.29 is 33.0 Å².